The molecule has 0 bridgehead atoms. The maximum atomic E-state index is 12.8. The topological polar surface area (TPSA) is 134 Å². The van der Waals surface area contributed by atoms with Crippen LogP contribution < -0.4 is 16.0 Å². The van der Waals surface area contributed by atoms with Crippen LogP contribution in [0.3, 0.4) is 0 Å². The summed E-state index contributed by atoms with van der Waals surface area (Å²) in [7, 11) is 0. The van der Waals surface area contributed by atoms with Gasteiger partial charge in [-0.2, -0.15) is 0 Å². The molecule has 1 heterocycles. The first-order chi connectivity index (χ1) is 13.2. The Kier molecular flexibility index (Phi) is 8.47. The average molecular weight is 414 g/mol. The molecule has 0 aromatic heterocycles. The lowest BCUT2D eigenvalue weighted by molar-refractivity contribution is -0.143. The largest absolute Gasteiger partial charge is 0.480 e. The van der Waals surface area contributed by atoms with Crippen molar-refractivity contribution in [2.45, 2.75) is 84.9 Å². The molecule has 166 valence electrons. The Labute approximate surface area is 172 Å². The van der Waals surface area contributed by atoms with Gasteiger partial charge in [-0.25, -0.2) is 9.59 Å². The summed E-state index contributed by atoms with van der Waals surface area (Å²) in [6, 6.07) is -2.19. The Hall–Kier alpha value is -2.32. The van der Waals surface area contributed by atoms with E-state index in [9.17, 15) is 24.3 Å². The van der Waals surface area contributed by atoms with Crippen LogP contribution in [0.4, 0.5) is 4.79 Å². The number of carboxylic acid groups (broad SMARTS) is 1. The minimum Gasteiger partial charge on any atom is -0.480 e. The number of carboxylic acids is 1. The van der Waals surface area contributed by atoms with Crippen molar-refractivity contribution in [3.63, 3.8) is 0 Å². The van der Waals surface area contributed by atoms with Crippen LogP contribution >= 0.6 is 0 Å². The Balaban J connectivity index is 2.87. The summed E-state index contributed by atoms with van der Waals surface area (Å²) < 4.78 is 5.22. The fraction of sp³-hybridized carbons (Fsp3) is 0.800. The van der Waals surface area contributed by atoms with Crippen molar-refractivity contribution in [1.82, 2.24) is 16.0 Å². The smallest absolute Gasteiger partial charge is 0.408 e. The summed E-state index contributed by atoms with van der Waals surface area (Å²) >= 11 is 0. The van der Waals surface area contributed by atoms with E-state index < -0.39 is 41.6 Å². The van der Waals surface area contributed by atoms with E-state index in [1.54, 1.807) is 20.8 Å². The Morgan fingerprint density at radius 2 is 1.76 bits per heavy atom. The fourth-order valence-electron chi connectivity index (χ4n) is 3.11. The zero-order chi connectivity index (χ0) is 22.4. The molecule has 0 spiro atoms. The number of nitrogens with one attached hydrogen (secondary N) is 3. The molecule has 0 radical (unpaired) electrons. The molecule has 3 amide bonds. The zero-order valence-electron chi connectivity index (χ0n) is 18.3. The maximum Gasteiger partial charge on any atom is 0.408 e. The van der Waals surface area contributed by atoms with Crippen LogP contribution in [0.2, 0.25) is 0 Å². The third-order valence-corrected chi connectivity index (χ3v) is 4.36. The molecule has 1 rings (SSSR count). The number of hydrogen-bond donors (Lipinski definition) is 4. The SMILES string of the molecule is CC(C)(C)C[C@H](NC(=O)OC(C)(C)C)C(=O)N[C@@H](C[C@@H]1CCCNC1=O)C(=O)O. The van der Waals surface area contributed by atoms with Crippen molar-refractivity contribution in [2.75, 3.05) is 6.54 Å². The lowest BCUT2D eigenvalue weighted by Crippen LogP contribution is -2.54. The van der Waals surface area contributed by atoms with E-state index in [0.717, 1.165) is 6.42 Å². The van der Waals surface area contributed by atoms with Gasteiger partial charge in [0.1, 0.15) is 17.7 Å². The molecule has 0 aromatic carbocycles. The predicted molar refractivity (Wildman–Crippen MR) is 107 cm³/mol. The van der Waals surface area contributed by atoms with Gasteiger partial charge >= 0.3 is 12.1 Å². The van der Waals surface area contributed by atoms with Crippen LogP contribution in [0.15, 0.2) is 0 Å². The van der Waals surface area contributed by atoms with Gasteiger partial charge in [-0.05, 0) is 51.9 Å². The van der Waals surface area contributed by atoms with E-state index in [-0.39, 0.29) is 24.2 Å². The maximum absolute atomic E-state index is 12.8. The van der Waals surface area contributed by atoms with Gasteiger partial charge in [0.05, 0.1) is 0 Å². The van der Waals surface area contributed by atoms with Crippen molar-refractivity contribution >= 4 is 23.9 Å². The van der Waals surface area contributed by atoms with Gasteiger partial charge in [0.25, 0.3) is 0 Å². The van der Waals surface area contributed by atoms with Gasteiger partial charge in [0, 0.05) is 12.5 Å². The monoisotopic (exact) mass is 413 g/mol. The first-order valence-corrected chi connectivity index (χ1v) is 9.98. The number of amides is 3. The third-order valence-electron chi connectivity index (χ3n) is 4.36. The number of aliphatic carboxylic acids is 1. The normalized spacial score (nSPS) is 19.5. The fourth-order valence-corrected chi connectivity index (χ4v) is 3.11. The molecule has 1 aliphatic rings. The molecule has 1 saturated heterocycles. The summed E-state index contributed by atoms with van der Waals surface area (Å²) in [5.74, 6) is -2.50. The second kappa shape index (κ2) is 9.93. The Bertz CT molecular complexity index is 621. The van der Waals surface area contributed by atoms with Crippen molar-refractivity contribution in [3.05, 3.63) is 0 Å². The average Bonchev–Trinajstić information content (AvgIpc) is 2.52. The zero-order valence-corrected chi connectivity index (χ0v) is 18.3. The highest BCUT2D eigenvalue weighted by Gasteiger charge is 2.34. The highest BCUT2D eigenvalue weighted by atomic mass is 16.6. The summed E-state index contributed by atoms with van der Waals surface area (Å²) in [6.07, 6.45) is 0.882. The van der Waals surface area contributed by atoms with E-state index in [1.807, 2.05) is 20.8 Å². The van der Waals surface area contributed by atoms with Crippen LogP contribution in [-0.4, -0.2) is 53.2 Å². The molecule has 9 heteroatoms. The van der Waals surface area contributed by atoms with Gasteiger partial charge < -0.3 is 25.8 Å². The molecular weight excluding hydrogens is 378 g/mol. The standard InChI is InChI=1S/C20H35N3O6/c1-19(2,3)11-14(23-18(28)29-20(4,5)6)16(25)22-13(17(26)27)10-12-8-7-9-21-15(12)24/h12-14H,7-11H2,1-6H3,(H,21,24)(H,22,25)(H,23,28)(H,26,27)/t12-,13-,14-/m0/s1. The molecule has 0 aliphatic carbocycles. The van der Waals surface area contributed by atoms with Crippen LogP contribution in [-0.2, 0) is 19.1 Å². The molecule has 0 saturated carbocycles. The molecule has 9 nitrogen and oxygen atoms in total. The molecule has 0 unspecified atom stereocenters. The summed E-state index contributed by atoms with van der Waals surface area (Å²) in [6.45, 7) is 11.4. The quantitative estimate of drug-likeness (QED) is 0.503. The lowest BCUT2D eigenvalue weighted by atomic mass is 9.87. The van der Waals surface area contributed by atoms with E-state index in [0.29, 0.717) is 13.0 Å². The molecule has 1 aliphatic heterocycles. The summed E-state index contributed by atoms with van der Waals surface area (Å²) in [5.41, 5.74) is -1.04. The van der Waals surface area contributed by atoms with Crippen LogP contribution in [0.25, 0.3) is 0 Å². The molecule has 1 fully saturated rings. The Morgan fingerprint density at radius 3 is 2.24 bits per heavy atom. The number of piperidine rings is 1. The van der Waals surface area contributed by atoms with E-state index in [4.69, 9.17) is 4.74 Å². The van der Waals surface area contributed by atoms with Gasteiger partial charge in [-0.1, -0.05) is 20.8 Å². The van der Waals surface area contributed by atoms with Crippen LogP contribution in [0.1, 0.15) is 67.2 Å². The van der Waals surface area contributed by atoms with Crippen LogP contribution in [0.5, 0.6) is 0 Å². The Morgan fingerprint density at radius 1 is 1.14 bits per heavy atom. The number of alkyl carbamates (subject to hydrolysis) is 1. The number of carbonyl (C=O) groups is 4. The summed E-state index contributed by atoms with van der Waals surface area (Å²) in [5, 5.41) is 17.3. The second-order valence-electron chi connectivity index (χ2n) is 9.73. The van der Waals surface area contributed by atoms with Gasteiger partial charge in [-0.15, -0.1) is 0 Å². The van der Waals surface area contributed by atoms with E-state index >= 15 is 0 Å². The summed E-state index contributed by atoms with van der Waals surface area (Å²) in [4.78, 5) is 48.6. The highest BCUT2D eigenvalue weighted by molar-refractivity contribution is 5.89. The van der Waals surface area contributed by atoms with Crippen molar-refractivity contribution in [3.8, 4) is 0 Å². The van der Waals surface area contributed by atoms with E-state index in [1.165, 1.54) is 0 Å². The molecule has 0 aromatic rings. The van der Waals surface area contributed by atoms with Gasteiger partial charge in [-0.3, -0.25) is 9.59 Å². The molecule has 29 heavy (non-hydrogen) atoms. The van der Waals surface area contributed by atoms with Gasteiger partial charge in [0.15, 0.2) is 0 Å². The van der Waals surface area contributed by atoms with E-state index in [2.05, 4.69) is 16.0 Å². The minimum atomic E-state index is -1.22. The number of rotatable bonds is 7. The molecule has 3 atom stereocenters. The van der Waals surface area contributed by atoms with Crippen LogP contribution in [0, 0.1) is 11.3 Å². The van der Waals surface area contributed by atoms with Crippen molar-refractivity contribution in [1.29, 1.82) is 0 Å². The second-order valence-corrected chi connectivity index (χ2v) is 9.73. The predicted octanol–water partition coefficient (Wildman–Crippen LogP) is 1.80. The van der Waals surface area contributed by atoms with Gasteiger partial charge in [0.2, 0.25) is 11.8 Å². The first-order valence-electron chi connectivity index (χ1n) is 9.98. The number of hydrogen-bond acceptors (Lipinski definition) is 5. The minimum absolute atomic E-state index is 0.00157. The number of ether oxygens (including phenoxy) is 1. The van der Waals surface area contributed by atoms with Crippen molar-refractivity contribution < 1.29 is 29.0 Å². The first kappa shape index (κ1) is 24.7. The highest BCUT2D eigenvalue weighted by Crippen LogP contribution is 2.22. The lowest BCUT2D eigenvalue weighted by Gasteiger charge is -2.29. The van der Waals surface area contributed by atoms with Crippen molar-refractivity contribution in [2.24, 2.45) is 11.3 Å². The molecule has 4 N–H and O–H groups in total. The molecular formula is C20H35N3O6. The third kappa shape index (κ3) is 9.62. The number of carbonyl (C=O) groups excluding carboxylic acids is 3.